The molecule has 0 aromatic heterocycles. The van der Waals surface area contributed by atoms with Crippen LogP contribution in [0, 0.1) is 5.92 Å². The number of hydrogen-bond acceptors (Lipinski definition) is 3. The standard InChI is InChI=1S/C13H26O3Si/c1-9-11(10(2)12(14)15-6)16-17(7,8)13(3,4)5/h9-11H,1H2,2-8H3/t10-,11+/m1/s1. The molecule has 0 spiro atoms. The van der Waals surface area contributed by atoms with Crippen molar-refractivity contribution in [3.05, 3.63) is 12.7 Å². The van der Waals surface area contributed by atoms with Gasteiger partial charge in [0.15, 0.2) is 8.32 Å². The van der Waals surface area contributed by atoms with Crippen molar-refractivity contribution < 1.29 is 14.0 Å². The van der Waals surface area contributed by atoms with Crippen LogP contribution in [0.3, 0.4) is 0 Å². The van der Waals surface area contributed by atoms with Crippen molar-refractivity contribution in [2.24, 2.45) is 5.92 Å². The van der Waals surface area contributed by atoms with E-state index in [1.54, 1.807) is 6.08 Å². The minimum Gasteiger partial charge on any atom is -0.469 e. The van der Waals surface area contributed by atoms with Crippen LogP contribution in [0.25, 0.3) is 0 Å². The van der Waals surface area contributed by atoms with Crippen molar-refractivity contribution in [1.82, 2.24) is 0 Å². The molecule has 2 atom stereocenters. The zero-order valence-electron chi connectivity index (χ0n) is 12.2. The summed E-state index contributed by atoms with van der Waals surface area (Å²) in [5.41, 5.74) is 0. The van der Waals surface area contributed by atoms with E-state index in [0.29, 0.717) is 0 Å². The zero-order chi connectivity index (χ0) is 13.9. The maximum atomic E-state index is 11.5. The molecule has 0 amide bonds. The second-order valence-electron chi connectivity index (χ2n) is 5.89. The monoisotopic (exact) mass is 258 g/mol. The van der Waals surface area contributed by atoms with Crippen molar-refractivity contribution in [2.45, 2.75) is 51.9 Å². The molecule has 0 bridgehead atoms. The maximum absolute atomic E-state index is 11.5. The number of rotatable bonds is 5. The average molecular weight is 258 g/mol. The van der Waals surface area contributed by atoms with E-state index in [1.807, 2.05) is 6.92 Å². The largest absolute Gasteiger partial charge is 0.469 e. The Morgan fingerprint density at radius 1 is 1.35 bits per heavy atom. The van der Waals surface area contributed by atoms with E-state index in [0.717, 1.165) is 0 Å². The molecular formula is C13H26O3Si. The Kier molecular flexibility index (Phi) is 5.61. The Morgan fingerprint density at radius 3 is 2.12 bits per heavy atom. The van der Waals surface area contributed by atoms with Crippen molar-refractivity contribution >= 4 is 14.3 Å². The zero-order valence-corrected chi connectivity index (χ0v) is 13.2. The lowest BCUT2D eigenvalue weighted by atomic mass is 10.1. The fraction of sp³-hybridized carbons (Fsp3) is 0.769. The molecule has 4 heteroatoms. The molecule has 0 saturated carbocycles. The van der Waals surface area contributed by atoms with Crippen molar-refractivity contribution in [1.29, 1.82) is 0 Å². The Morgan fingerprint density at radius 2 is 1.82 bits per heavy atom. The molecule has 0 radical (unpaired) electrons. The Labute approximate surface area is 106 Å². The van der Waals surface area contributed by atoms with E-state index in [-0.39, 0.29) is 23.0 Å². The van der Waals surface area contributed by atoms with E-state index in [2.05, 4.69) is 40.4 Å². The van der Waals surface area contributed by atoms with E-state index < -0.39 is 8.32 Å². The maximum Gasteiger partial charge on any atom is 0.311 e. The van der Waals surface area contributed by atoms with Gasteiger partial charge in [-0.1, -0.05) is 26.8 Å². The van der Waals surface area contributed by atoms with Gasteiger partial charge in [0.05, 0.1) is 19.1 Å². The number of methoxy groups -OCH3 is 1. The van der Waals surface area contributed by atoms with Gasteiger partial charge < -0.3 is 9.16 Å². The lowest BCUT2D eigenvalue weighted by molar-refractivity contribution is -0.147. The highest BCUT2D eigenvalue weighted by molar-refractivity contribution is 6.74. The molecule has 17 heavy (non-hydrogen) atoms. The first kappa shape index (κ1) is 16.4. The minimum atomic E-state index is -1.89. The Hall–Kier alpha value is -0.613. The van der Waals surface area contributed by atoms with Crippen LogP contribution >= 0.6 is 0 Å². The molecule has 0 saturated heterocycles. The van der Waals surface area contributed by atoms with Crippen LogP contribution in [0.4, 0.5) is 0 Å². The van der Waals surface area contributed by atoms with Gasteiger partial charge in [-0.2, -0.15) is 0 Å². The predicted octanol–water partition coefficient (Wildman–Crippen LogP) is 3.37. The number of carbonyl (C=O) groups is 1. The van der Waals surface area contributed by atoms with Gasteiger partial charge in [-0.25, -0.2) is 0 Å². The summed E-state index contributed by atoms with van der Waals surface area (Å²) >= 11 is 0. The molecule has 3 nitrogen and oxygen atoms in total. The molecule has 0 fully saturated rings. The van der Waals surface area contributed by atoms with Crippen LogP contribution < -0.4 is 0 Å². The summed E-state index contributed by atoms with van der Waals surface area (Å²) in [6, 6.07) is 0. The second-order valence-corrected chi connectivity index (χ2v) is 10.6. The quantitative estimate of drug-likeness (QED) is 0.431. The predicted molar refractivity (Wildman–Crippen MR) is 73.4 cm³/mol. The van der Waals surface area contributed by atoms with Crippen LogP contribution in [-0.4, -0.2) is 27.5 Å². The molecule has 0 aromatic carbocycles. The van der Waals surface area contributed by atoms with Gasteiger partial charge in [-0.05, 0) is 25.1 Å². The van der Waals surface area contributed by atoms with Gasteiger partial charge in [0.2, 0.25) is 0 Å². The average Bonchev–Trinajstić information content (AvgIpc) is 2.22. The summed E-state index contributed by atoms with van der Waals surface area (Å²) in [5, 5.41) is 0.115. The highest BCUT2D eigenvalue weighted by Gasteiger charge is 2.40. The molecule has 0 aliphatic carbocycles. The summed E-state index contributed by atoms with van der Waals surface area (Å²) in [5.74, 6) is -0.569. The summed E-state index contributed by atoms with van der Waals surface area (Å²) in [4.78, 5) is 11.5. The normalized spacial score (nSPS) is 16.2. The molecule has 0 N–H and O–H groups in total. The molecular weight excluding hydrogens is 232 g/mol. The van der Waals surface area contributed by atoms with Crippen molar-refractivity contribution in [3.63, 3.8) is 0 Å². The van der Waals surface area contributed by atoms with E-state index >= 15 is 0 Å². The molecule has 0 unspecified atom stereocenters. The fourth-order valence-corrected chi connectivity index (χ4v) is 2.53. The lowest BCUT2D eigenvalue weighted by Gasteiger charge is -2.39. The van der Waals surface area contributed by atoms with Gasteiger partial charge in [0.1, 0.15) is 0 Å². The van der Waals surface area contributed by atoms with E-state index in [9.17, 15) is 4.79 Å². The van der Waals surface area contributed by atoms with Crippen molar-refractivity contribution in [3.8, 4) is 0 Å². The number of hydrogen-bond donors (Lipinski definition) is 0. The smallest absolute Gasteiger partial charge is 0.311 e. The van der Waals surface area contributed by atoms with E-state index in [4.69, 9.17) is 9.16 Å². The number of ether oxygens (including phenoxy) is 1. The number of carbonyl (C=O) groups excluding carboxylic acids is 1. The van der Waals surface area contributed by atoms with Crippen LogP contribution in [0.1, 0.15) is 27.7 Å². The van der Waals surface area contributed by atoms with Crippen molar-refractivity contribution in [2.75, 3.05) is 7.11 Å². The lowest BCUT2D eigenvalue weighted by Crippen LogP contribution is -2.46. The van der Waals surface area contributed by atoms with E-state index in [1.165, 1.54) is 7.11 Å². The third-order valence-corrected chi connectivity index (χ3v) is 8.01. The van der Waals surface area contributed by atoms with Crippen LogP contribution in [0.2, 0.25) is 18.1 Å². The molecule has 100 valence electrons. The van der Waals surface area contributed by atoms with Crippen LogP contribution in [-0.2, 0) is 14.0 Å². The SMILES string of the molecule is C=C[C@H](O[Si](C)(C)C(C)(C)C)[C@@H](C)C(=O)OC. The molecule has 0 aliphatic rings. The van der Waals surface area contributed by atoms with Gasteiger partial charge >= 0.3 is 5.97 Å². The molecule has 0 heterocycles. The molecule has 0 rings (SSSR count). The third kappa shape index (κ3) is 4.28. The third-order valence-electron chi connectivity index (χ3n) is 3.53. The Balaban J connectivity index is 4.83. The Bertz CT molecular complexity index is 279. The first-order chi connectivity index (χ1) is 7.56. The number of esters is 1. The topological polar surface area (TPSA) is 35.5 Å². The summed E-state index contributed by atoms with van der Waals surface area (Å²) in [6.07, 6.45) is 1.42. The molecule has 0 aliphatic heterocycles. The van der Waals surface area contributed by atoms with Crippen LogP contribution in [0.15, 0.2) is 12.7 Å². The van der Waals surface area contributed by atoms with Gasteiger partial charge in [-0.15, -0.1) is 6.58 Å². The first-order valence-electron chi connectivity index (χ1n) is 5.95. The van der Waals surface area contributed by atoms with Crippen LogP contribution in [0.5, 0.6) is 0 Å². The summed E-state index contributed by atoms with van der Waals surface area (Å²) in [7, 11) is -0.495. The second kappa shape index (κ2) is 5.82. The minimum absolute atomic E-state index is 0.115. The highest BCUT2D eigenvalue weighted by atomic mass is 28.4. The van der Waals surface area contributed by atoms with Gasteiger partial charge in [0, 0.05) is 0 Å². The highest BCUT2D eigenvalue weighted by Crippen LogP contribution is 2.38. The first-order valence-corrected chi connectivity index (χ1v) is 8.86. The van der Waals surface area contributed by atoms with Gasteiger partial charge in [-0.3, -0.25) is 4.79 Å². The summed E-state index contributed by atoms with van der Waals surface area (Å²) < 4.78 is 10.9. The fourth-order valence-electron chi connectivity index (χ4n) is 1.19. The van der Waals surface area contributed by atoms with Gasteiger partial charge in [0.25, 0.3) is 0 Å². The molecule has 0 aromatic rings. The summed E-state index contributed by atoms with van der Waals surface area (Å²) in [6.45, 7) is 16.4.